The number of piperidine rings is 1. The van der Waals surface area contributed by atoms with Gasteiger partial charge in [0.15, 0.2) is 5.82 Å². The number of alkyl halides is 1. The SMILES string of the molecule is CN(c1ccc(-c2ccc(-n3ccnc3)cc2O)nn1)[C@H]1C[C@@H]2CC[C@H]([C@H]1F)N2C. The summed E-state index contributed by atoms with van der Waals surface area (Å²) in [6.45, 7) is 0. The van der Waals surface area contributed by atoms with Crippen LogP contribution in [0.5, 0.6) is 5.75 Å². The molecular weight excluding hydrogens is 383 g/mol. The van der Waals surface area contributed by atoms with Crippen LogP contribution in [0.25, 0.3) is 16.9 Å². The standard InChI is InChI=1S/C22H25FN6O/c1-27-14-4-7-18(27)22(23)19(11-14)28(2)21-8-6-17(25-26-21)16-5-3-15(12-20(16)30)29-10-9-24-13-29/h3,5-6,8-10,12-14,18-19,22,30H,4,7,11H2,1-2H3/t14-,18+,19-,22+/m0/s1. The van der Waals surface area contributed by atoms with Crippen molar-refractivity contribution in [3.63, 3.8) is 0 Å². The molecule has 1 aromatic carbocycles. The van der Waals surface area contributed by atoms with E-state index in [0.717, 1.165) is 24.9 Å². The van der Waals surface area contributed by atoms with Crippen LogP contribution in [-0.2, 0) is 0 Å². The zero-order chi connectivity index (χ0) is 20.8. The molecule has 2 bridgehead atoms. The maximum Gasteiger partial charge on any atom is 0.151 e. The predicted octanol–water partition coefficient (Wildman–Crippen LogP) is 3.04. The van der Waals surface area contributed by atoms with Crippen molar-refractivity contribution in [3.8, 4) is 22.7 Å². The summed E-state index contributed by atoms with van der Waals surface area (Å²) in [4.78, 5) is 8.13. The van der Waals surface area contributed by atoms with Crippen LogP contribution in [0.3, 0.4) is 0 Å². The molecule has 0 amide bonds. The molecule has 2 aromatic heterocycles. The lowest BCUT2D eigenvalue weighted by Crippen LogP contribution is -2.56. The van der Waals surface area contributed by atoms with Gasteiger partial charge in [-0.05, 0) is 50.6 Å². The number of aromatic nitrogens is 4. The molecule has 0 radical (unpaired) electrons. The molecule has 2 fully saturated rings. The van der Waals surface area contributed by atoms with Crippen LogP contribution in [-0.4, -0.2) is 68.1 Å². The second-order valence-electron chi connectivity index (χ2n) is 8.27. The van der Waals surface area contributed by atoms with E-state index in [0.29, 0.717) is 23.1 Å². The number of imidazole rings is 1. The molecule has 2 saturated heterocycles. The summed E-state index contributed by atoms with van der Waals surface area (Å²) >= 11 is 0. The molecule has 0 aliphatic carbocycles. The lowest BCUT2D eigenvalue weighted by molar-refractivity contribution is 0.0701. The number of hydrogen-bond donors (Lipinski definition) is 1. The third kappa shape index (κ3) is 3.11. The number of fused-ring (bicyclic) bond motifs is 2. The molecule has 7 nitrogen and oxygen atoms in total. The molecule has 8 heteroatoms. The Morgan fingerprint density at radius 2 is 2.03 bits per heavy atom. The fourth-order valence-electron chi connectivity index (χ4n) is 4.88. The highest BCUT2D eigenvalue weighted by Crippen LogP contribution is 2.39. The first-order valence-corrected chi connectivity index (χ1v) is 10.3. The molecule has 0 unspecified atom stereocenters. The number of benzene rings is 1. The summed E-state index contributed by atoms with van der Waals surface area (Å²) in [5.41, 5.74) is 1.98. The highest BCUT2D eigenvalue weighted by Gasteiger charge is 2.47. The first-order valence-electron chi connectivity index (χ1n) is 10.3. The van der Waals surface area contributed by atoms with E-state index >= 15 is 4.39 Å². The van der Waals surface area contributed by atoms with Crippen LogP contribution >= 0.6 is 0 Å². The van der Waals surface area contributed by atoms with Crippen LogP contribution in [0.15, 0.2) is 49.1 Å². The molecule has 2 aliphatic heterocycles. The molecule has 0 saturated carbocycles. The molecule has 2 aliphatic rings. The van der Waals surface area contributed by atoms with Crippen LogP contribution < -0.4 is 4.90 Å². The van der Waals surface area contributed by atoms with Gasteiger partial charge in [-0.15, -0.1) is 10.2 Å². The van der Waals surface area contributed by atoms with Gasteiger partial charge in [0.2, 0.25) is 0 Å². The fraction of sp³-hybridized carbons (Fsp3) is 0.409. The first-order chi connectivity index (χ1) is 14.5. The summed E-state index contributed by atoms with van der Waals surface area (Å²) in [7, 11) is 3.92. The van der Waals surface area contributed by atoms with Gasteiger partial charge in [0, 0.05) is 43.2 Å². The zero-order valence-electron chi connectivity index (χ0n) is 17.1. The number of phenols is 1. The summed E-state index contributed by atoms with van der Waals surface area (Å²) in [5.74, 6) is 0.761. The minimum absolute atomic E-state index is 0.00519. The normalized spacial score (nSPS) is 26.1. The number of nitrogens with zero attached hydrogens (tertiary/aromatic N) is 6. The molecular formula is C22H25FN6O. The number of halogens is 1. The molecule has 5 rings (SSSR count). The largest absolute Gasteiger partial charge is 0.507 e. The van der Waals surface area contributed by atoms with E-state index in [-0.39, 0.29) is 17.8 Å². The van der Waals surface area contributed by atoms with Crippen molar-refractivity contribution < 1.29 is 9.50 Å². The molecule has 30 heavy (non-hydrogen) atoms. The summed E-state index contributed by atoms with van der Waals surface area (Å²) in [6.07, 6.45) is 7.04. The highest BCUT2D eigenvalue weighted by molar-refractivity contribution is 5.69. The van der Waals surface area contributed by atoms with E-state index in [1.54, 1.807) is 18.6 Å². The Kier molecular flexibility index (Phi) is 4.66. The van der Waals surface area contributed by atoms with Crippen molar-refractivity contribution in [2.45, 2.75) is 43.6 Å². The molecule has 1 N–H and O–H groups in total. The predicted molar refractivity (Wildman–Crippen MR) is 113 cm³/mol. The maximum atomic E-state index is 15.1. The monoisotopic (exact) mass is 408 g/mol. The van der Waals surface area contributed by atoms with Gasteiger partial charge in [-0.2, -0.15) is 0 Å². The third-order valence-corrected chi connectivity index (χ3v) is 6.71. The average molecular weight is 408 g/mol. The van der Waals surface area contributed by atoms with Gasteiger partial charge >= 0.3 is 0 Å². The quantitative estimate of drug-likeness (QED) is 0.716. The number of phenolic OH excluding ortho intramolecular Hbond substituents is 1. The fourth-order valence-corrected chi connectivity index (χ4v) is 4.88. The highest BCUT2D eigenvalue weighted by atomic mass is 19.1. The van der Waals surface area contributed by atoms with Gasteiger partial charge in [0.05, 0.1) is 23.8 Å². The van der Waals surface area contributed by atoms with Gasteiger partial charge in [-0.25, -0.2) is 9.37 Å². The summed E-state index contributed by atoms with van der Waals surface area (Å²) in [6, 6.07) is 9.27. The van der Waals surface area contributed by atoms with Gasteiger partial charge < -0.3 is 14.6 Å². The Bertz CT molecular complexity index is 1020. The molecule has 156 valence electrons. The van der Waals surface area contributed by atoms with E-state index in [1.165, 1.54) is 0 Å². The van der Waals surface area contributed by atoms with Crippen molar-refractivity contribution in [1.82, 2.24) is 24.6 Å². The molecule has 4 heterocycles. The second-order valence-corrected chi connectivity index (χ2v) is 8.27. The Hall–Kier alpha value is -3.00. The topological polar surface area (TPSA) is 70.3 Å². The Morgan fingerprint density at radius 1 is 1.17 bits per heavy atom. The van der Waals surface area contributed by atoms with Gasteiger partial charge in [-0.3, -0.25) is 4.90 Å². The van der Waals surface area contributed by atoms with Crippen molar-refractivity contribution >= 4 is 5.82 Å². The Labute approximate surface area is 174 Å². The maximum absolute atomic E-state index is 15.1. The van der Waals surface area contributed by atoms with Crippen LogP contribution in [0.2, 0.25) is 0 Å². The van der Waals surface area contributed by atoms with Crippen molar-refractivity contribution in [2.75, 3.05) is 19.0 Å². The average Bonchev–Trinajstić information content (AvgIpc) is 3.37. The molecule has 3 aromatic rings. The molecule has 0 spiro atoms. The Balaban J connectivity index is 1.36. The number of rotatable bonds is 4. The number of anilines is 1. The van der Waals surface area contributed by atoms with Gasteiger partial charge in [0.1, 0.15) is 11.9 Å². The Morgan fingerprint density at radius 3 is 2.73 bits per heavy atom. The van der Waals surface area contributed by atoms with Crippen LogP contribution in [0.4, 0.5) is 10.2 Å². The second kappa shape index (κ2) is 7.36. The summed E-state index contributed by atoms with van der Waals surface area (Å²) in [5, 5.41) is 19.1. The van der Waals surface area contributed by atoms with Crippen molar-refractivity contribution in [1.29, 1.82) is 0 Å². The van der Waals surface area contributed by atoms with Crippen molar-refractivity contribution in [2.24, 2.45) is 0 Å². The van der Waals surface area contributed by atoms with E-state index < -0.39 is 6.17 Å². The van der Waals surface area contributed by atoms with E-state index in [4.69, 9.17) is 0 Å². The smallest absolute Gasteiger partial charge is 0.151 e. The lowest BCUT2D eigenvalue weighted by atomic mass is 9.95. The molecule has 4 atom stereocenters. The number of hydrogen-bond acceptors (Lipinski definition) is 6. The lowest BCUT2D eigenvalue weighted by Gasteiger charge is -2.43. The minimum atomic E-state index is -0.903. The zero-order valence-corrected chi connectivity index (χ0v) is 17.1. The van der Waals surface area contributed by atoms with E-state index in [1.807, 2.05) is 54.0 Å². The first kappa shape index (κ1) is 19.0. The van der Waals surface area contributed by atoms with Crippen LogP contribution in [0, 0.1) is 0 Å². The van der Waals surface area contributed by atoms with E-state index in [2.05, 4.69) is 20.1 Å². The van der Waals surface area contributed by atoms with Gasteiger partial charge in [-0.1, -0.05) is 0 Å². The number of aromatic hydroxyl groups is 1. The summed E-state index contributed by atoms with van der Waals surface area (Å²) < 4.78 is 16.9. The van der Waals surface area contributed by atoms with Crippen LogP contribution in [0.1, 0.15) is 19.3 Å². The van der Waals surface area contributed by atoms with Crippen molar-refractivity contribution in [3.05, 3.63) is 49.1 Å². The minimum Gasteiger partial charge on any atom is -0.507 e. The van der Waals surface area contributed by atoms with E-state index in [9.17, 15) is 5.11 Å². The third-order valence-electron chi connectivity index (χ3n) is 6.71. The van der Waals surface area contributed by atoms with Gasteiger partial charge in [0.25, 0.3) is 0 Å².